The van der Waals surface area contributed by atoms with E-state index in [0.717, 1.165) is 41.9 Å². The van der Waals surface area contributed by atoms with Crippen molar-refractivity contribution in [3.8, 4) is 5.75 Å². The number of rotatable bonds is 11. The van der Waals surface area contributed by atoms with Gasteiger partial charge >= 0.3 is 0 Å². The normalized spacial score (nSPS) is 12.1. The summed E-state index contributed by atoms with van der Waals surface area (Å²) >= 11 is 0. The molecule has 0 aromatic heterocycles. The third-order valence-electron chi connectivity index (χ3n) is 4.27. The molecule has 0 N–H and O–H groups in total. The van der Waals surface area contributed by atoms with Crippen molar-refractivity contribution in [3.05, 3.63) is 64.6 Å². The molecule has 0 heterocycles. The van der Waals surface area contributed by atoms with E-state index in [1.807, 2.05) is 24.3 Å². The second-order valence-corrected chi connectivity index (χ2v) is 9.40. The number of amides is 1. The molecular formula is C23H33NO4S. The lowest BCUT2D eigenvalue weighted by Crippen LogP contribution is -2.27. The first kappa shape index (κ1) is 24.7. The van der Waals surface area contributed by atoms with Crippen LogP contribution in [0.2, 0.25) is 0 Å². The summed E-state index contributed by atoms with van der Waals surface area (Å²) in [6, 6.07) is 7.80. The number of hydrogen-bond acceptors (Lipinski definition) is 4. The second-order valence-electron chi connectivity index (χ2n) is 7.47. The van der Waals surface area contributed by atoms with Gasteiger partial charge in [0, 0.05) is 31.3 Å². The molecule has 0 radical (unpaired) electrons. The van der Waals surface area contributed by atoms with Gasteiger partial charge in [-0.3, -0.25) is 4.79 Å². The Bertz CT molecular complexity index is 845. The summed E-state index contributed by atoms with van der Waals surface area (Å²) in [4.78, 5) is 13.4. The highest BCUT2D eigenvalue weighted by Gasteiger charge is 2.06. The Morgan fingerprint density at radius 3 is 2.34 bits per heavy atom. The summed E-state index contributed by atoms with van der Waals surface area (Å²) in [7, 11) is -1.64. The fourth-order valence-electron chi connectivity index (χ4n) is 2.44. The van der Waals surface area contributed by atoms with E-state index in [9.17, 15) is 13.2 Å². The molecule has 1 aromatic rings. The van der Waals surface area contributed by atoms with E-state index in [1.165, 1.54) is 16.0 Å². The molecule has 0 saturated heterocycles. The number of carbonyl (C=O) groups is 1. The molecule has 0 spiro atoms. The molecule has 5 nitrogen and oxygen atoms in total. The number of ether oxygens (including phenoxy) is 1. The average Bonchev–Trinajstić information content (AvgIpc) is 2.64. The van der Waals surface area contributed by atoms with Crippen LogP contribution >= 0.6 is 0 Å². The van der Waals surface area contributed by atoms with E-state index < -0.39 is 9.84 Å². The maximum atomic E-state index is 11.9. The van der Waals surface area contributed by atoms with Crippen LogP contribution < -0.4 is 4.74 Å². The van der Waals surface area contributed by atoms with Crippen LogP contribution in [0.15, 0.2) is 59.0 Å². The predicted octanol–water partition coefficient (Wildman–Crippen LogP) is 4.32. The van der Waals surface area contributed by atoms with Crippen molar-refractivity contribution in [2.75, 3.05) is 26.5 Å². The summed E-state index contributed by atoms with van der Waals surface area (Å²) in [6.07, 6.45) is 9.27. The van der Waals surface area contributed by atoms with Gasteiger partial charge in [-0.25, -0.2) is 8.42 Å². The lowest BCUT2D eigenvalue weighted by Gasteiger charge is -2.15. The zero-order valence-corrected chi connectivity index (χ0v) is 19.0. The van der Waals surface area contributed by atoms with Crippen molar-refractivity contribution in [1.82, 2.24) is 4.90 Å². The fourth-order valence-corrected chi connectivity index (χ4v) is 2.80. The van der Waals surface area contributed by atoms with Crippen LogP contribution in [0.3, 0.4) is 0 Å². The highest BCUT2D eigenvalue weighted by molar-refractivity contribution is 7.93. The van der Waals surface area contributed by atoms with Crippen molar-refractivity contribution in [2.24, 2.45) is 0 Å². The first-order chi connectivity index (χ1) is 13.6. The Labute approximate surface area is 175 Å². The van der Waals surface area contributed by atoms with E-state index in [-0.39, 0.29) is 5.91 Å². The molecule has 0 fully saturated rings. The zero-order chi connectivity index (χ0) is 21.9. The molecule has 1 aromatic carbocycles. The summed E-state index contributed by atoms with van der Waals surface area (Å²) in [5, 5.41) is 0.926. The van der Waals surface area contributed by atoms with Crippen molar-refractivity contribution in [1.29, 1.82) is 0 Å². The van der Waals surface area contributed by atoms with Crippen molar-refractivity contribution >= 4 is 15.7 Å². The smallest absolute Gasteiger partial charge is 0.247 e. The Balaban J connectivity index is 2.43. The molecule has 0 unspecified atom stereocenters. The lowest BCUT2D eigenvalue weighted by atomic mass is 10.1. The molecule has 0 saturated carbocycles. The van der Waals surface area contributed by atoms with Crippen LogP contribution in [0.25, 0.3) is 0 Å². The van der Waals surface area contributed by atoms with Crippen molar-refractivity contribution in [3.63, 3.8) is 0 Å². The van der Waals surface area contributed by atoms with Gasteiger partial charge in [-0.1, -0.05) is 29.4 Å². The minimum atomic E-state index is -3.29. The molecule has 0 bridgehead atoms. The number of sulfone groups is 1. The summed E-state index contributed by atoms with van der Waals surface area (Å²) in [5.74, 6) is 0.477. The first-order valence-electron chi connectivity index (χ1n) is 9.71. The third-order valence-corrected chi connectivity index (χ3v) is 4.90. The Kier molecular flexibility index (Phi) is 10.5. The Morgan fingerprint density at radius 2 is 1.76 bits per heavy atom. The zero-order valence-electron chi connectivity index (χ0n) is 18.1. The molecule has 29 heavy (non-hydrogen) atoms. The van der Waals surface area contributed by atoms with Gasteiger partial charge in [0.15, 0.2) is 9.84 Å². The lowest BCUT2D eigenvalue weighted by molar-refractivity contribution is -0.124. The topological polar surface area (TPSA) is 63.7 Å². The molecule has 1 rings (SSSR count). The van der Waals surface area contributed by atoms with Crippen LogP contribution in [0.5, 0.6) is 5.75 Å². The predicted molar refractivity (Wildman–Crippen MR) is 120 cm³/mol. The fraction of sp³-hybridized carbons (Fsp3) is 0.435. The Morgan fingerprint density at radius 1 is 1.10 bits per heavy atom. The molecule has 1 amide bonds. The van der Waals surface area contributed by atoms with Gasteiger partial charge in [0.05, 0.1) is 0 Å². The molecule has 0 atom stereocenters. The standard InChI is InChI=1S/C23H33NO4S/c1-19(2)7-6-8-20(3)14-17-28-22-11-9-21(10-12-22)13-16-24(4)23(25)15-18-29(5,26)27/h7,9-12,14-15,18H,6,8,13,16-17H2,1-5H3/b18-15+,20-14+. The largest absolute Gasteiger partial charge is 0.490 e. The van der Waals surface area contributed by atoms with Gasteiger partial charge in [0.2, 0.25) is 5.91 Å². The van der Waals surface area contributed by atoms with E-state index in [0.29, 0.717) is 19.6 Å². The SMILES string of the molecule is CC(C)=CCC/C(C)=C/COc1ccc(CCN(C)C(=O)/C=C/S(C)(=O)=O)cc1. The van der Waals surface area contributed by atoms with Gasteiger partial charge in [-0.2, -0.15) is 0 Å². The van der Waals surface area contributed by atoms with E-state index in [2.05, 4.69) is 32.9 Å². The van der Waals surface area contributed by atoms with Crippen LogP contribution in [0, 0.1) is 0 Å². The minimum absolute atomic E-state index is 0.331. The van der Waals surface area contributed by atoms with Crippen LogP contribution in [-0.4, -0.2) is 45.7 Å². The number of nitrogens with zero attached hydrogens (tertiary/aromatic N) is 1. The maximum Gasteiger partial charge on any atom is 0.247 e. The first-order valence-corrected chi connectivity index (χ1v) is 11.7. The molecule has 0 aliphatic rings. The van der Waals surface area contributed by atoms with Gasteiger partial charge in [0.25, 0.3) is 0 Å². The molecule has 0 aliphatic carbocycles. The molecule has 160 valence electrons. The highest BCUT2D eigenvalue weighted by atomic mass is 32.2. The summed E-state index contributed by atoms with van der Waals surface area (Å²) in [6.45, 7) is 7.38. The van der Waals surface area contributed by atoms with E-state index in [1.54, 1.807) is 7.05 Å². The molecule has 6 heteroatoms. The molecular weight excluding hydrogens is 386 g/mol. The molecule has 0 aliphatic heterocycles. The monoisotopic (exact) mass is 419 g/mol. The number of carbonyl (C=O) groups excluding carboxylic acids is 1. The number of hydrogen-bond donors (Lipinski definition) is 0. The van der Waals surface area contributed by atoms with Gasteiger partial charge in [-0.05, 0) is 63.8 Å². The average molecular weight is 420 g/mol. The Hall–Kier alpha value is -2.34. The summed E-state index contributed by atoms with van der Waals surface area (Å²) in [5.41, 5.74) is 3.74. The van der Waals surface area contributed by atoms with Crippen LogP contribution in [-0.2, 0) is 21.1 Å². The number of allylic oxidation sites excluding steroid dienone is 3. The van der Waals surface area contributed by atoms with E-state index in [4.69, 9.17) is 4.74 Å². The minimum Gasteiger partial charge on any atom is -0.490 e. The quantitative estimate of drug-likeness (QED) is 0.396. The highest BCUT2D eigenvalue weighted by Crippen LogP contribution is 2.14. The third kappa shape index (κ3) is 12.0. The number of benzene rings is 1. The van der Waals surface area contributed by atoms with Gasteiger partial charge in [0.1, 0.15) is 12.4 Å². The van der Waals surface area contributed by atoms with E-state index >= 15 is 0 Å². The maximum absolute atomic E-state index is 11.9. The van der Waals surface area contributed by atoms with Gasteiger partial charge < -0.3 is 9.64 Å². The van der Waals surface area contributed by atoms with Crippen LogP contribution in [0.1, 0.15) is 39.2 Å². The number of likely N-dealkylation sites (N-methyl/N-ethyl adjacent to an activating group) is 1. The van der Waals surface area contributed by atoms with Crippen molar-refractivity contribution in [2.45, 2.75) is 40.0 Å². The van der Waals surface area contributed by atoms with Gasteiger partial charge in [-0.15, -0.1) is 0 Å². The van der Waals surface area contributed by atoms with Crippen molar-refractivity contribution < 1.29 is 17.9 Å². The van der Waals surface area contributed by atoms with Crippen LogP contribution in [0.4, 0.5) is 0 Å². The summed E-state index contributed by atoms with van der Waals surface area (Å²) < 4.78 is 27.9. The second kappa shape index (κ2) is 12.3.